The highest BCUT2D eigenvalue weighted by Crippen LogP contribution is 2.29. The number of carboxylic acid groups (broad SMARTS) is 1. The van der Waals surface area contributed by atoms with E-state index in [0.717, 1.165) is 12.8 Å². The van der Waals surface area contributed by atoms with Crippen molar-refractivity contribution in [1.82, 2.24) is 5.32 Å². The molecule has 2 unspecified atom stereocenters. The Labute approximate surface area is 134 Å². The van der Waals surface area contributed by atoms with Crippen LogP contribution in [-0.4, -0.2) is 30.1 Å². The van der Waals surface area contributed by atoms with Crippen LogP contribution < -0.4 is 10.1 Å². The molecule has 126 valence electrons. The summed E-state index contributed by atoms with van der Waals surface area (Å²) in [6, 6.07) is 5.78. The van der Waals surface area contributed by atoms with Crippen molar-refractivity contribution in [3.63, 3.8) is 0 Å². The van der Waals surface area contributed by atoms with Gasteiger partial charge in [-0.1, -0.05) is 6.42 Å². The first-order valence-corrected chi connectivity index (χ1v) is 7.95. The maximum atomic E-state index is 12.7. The molecule has 0 saturated heterocycles. The lowest BCUT2D eigenvalue weighted by Crippen LogP contribution is -2.36. The van der Waals surface area contributed by atoms with Gasteiger partial charge in [0.1, 0.15) is 11.6 Å². The molecule has 0 radical (unpaired) electrons. The topological polar surface area (TPSA) is 75.6 Å². The molecule has 1 fully saturated rings. The van der Waals surface area contributed by atoms with Crippen LogP contribution in [0.15, 0.2) is 24.3 Å². The highest BCUT2D eigenvalue weighted by Gasteiger charge is 2.30. The lowest BCUT2D eigenvalue weighted by atomic mass is 9.81. The maximum Gasteiger partial charge on any atom is 0.306 e. The Morgan fingerprint density at radius 1 is 1.22 bits per heavy atom. The van der Waals surface area contributed by atoms with Crippen LogP contribution in [0.5, 0.6) is 5.75 Å². The van der Waals surface area contributed by atoms with E-state index in [2.05, 4.69) is 5.32 Å². The lowest BCUT2D eigenvalue weighted by molar-refractivity contribution is -0.144. The van der Waals surface area contributed by atoms with Gasteiger partial charge in [0, 0.05) is 12.5 Å². The molecule has 1 aromatic carbocycles. The molecule has 2 rings (SSSR count). The Morgan fingerprint density at radius 3 is 2.61 bits per heavy atom. The first kappa shape index (κ1) is 17.2. The van der Waals surface area contributed by atoms with E-state index in [1.807, 2.05) is 0 Å². The fraction of sp³-hybridized carbons (Fsp3) is 0.529. The number of carboxylic acids is 1. The van der Waals surface area contributed by atoms with Crippen LogP contribution in [0, 0.1) is 17.7 Å². The van der Waals surface area contributed by atoms with Crippen molar-refractivity contribution in [3.05, 3.63) is 30.1 Å². The molecule has 23 heavy (non-hydrogen) atoms. The van der Waals surface area contributed by atoms with Crippen molar-refractivity contribution in [2.75, 3.05) is 13.2 Å². The van der Waals surface area contributed by atoms with E-state index in [9.17, 15) is 14.0 Å². The SMILES string of the molecule is O=C(O)C1CCCC(C(=O)NCCCOc2ccc(F)cc2)C1. The number of benzene rings is 1. The first-order chi connectivity index (χ1) is 11.1. The zero-order valence-electron chi connectivity index (χ0n) is 13.0. The Balaban J connectivity index is 1.62. The van der Waals surface area contributed by atoms with Gasteiger partial charge >= 0.3 is 5.97 Å². The molecule has 1 aromatic rings. The van der Waals surface area contributed by atoms with Crippen molar-refractivity contribution in [2.45, 2.75) is 32.1 Å². The number of carbonyl (C=O) groups excluding carboxylic acids is 1. The van der Waals surface area contributed by atoms with Crippen molar-refractivity contribution in [3.8, 4) is 5.75 Å². The number of nitrogens with one attached hydrogen (secondary N) is 1. The van der Waals surface area contributed by atoms with Gasteiger partial charge in [0.15, 0.2) is 0 Å². The van der Waals surface area contributed by atoms with Gasteiger partial charge in [-0.3, -0.25) is 9.59 Å². The van der Waals surface area contributed by atoms with Gasteiger partial charge in [-0.15, -0.1) is 0 Å². The van der Waals surface area contributed by atoms with E-state index in [0.29, 0.717) is 38.2 Å². The van der Waals surface area contributed by atoms with E-state index in [1.54, 1.807) is 12.1 Å². The fourth-order valence-electron chi connectivity index (χ4n) is 2.80. The van der Waals surface area contributed by atoms with Crippen molar-refractivity contribution < 1.29 is 23.8 Å². The predicted molar refractivity (Wildman–Crippen MR) is 82.6 cm³/mol. The van der Waals surface area contributed by atoms with Gasteiger partial charge in [-0.2, -0.15) is 0 Å². The molecule has 2 N–H and O–H groups in total. The second kappa shape index (κ2) is 8.50. The molecular weight excluding hydrogens is 301 g/mol. The quantitative estimate of drug-likeness (QED) is 0.756. The third-order valence-corrected chi connectivity index (χ3v) is 4.10. The molecular formula is C17H22FNO4. The second-order valence-corrected chi connectivity index (χ2v) is 5.85. The molecule has 1 amide bonds. The summed E-state index contributed by atoms with van der Waals surface area (Å²) in [5.41, 5.74) is 0. The number of rotatable bonds is 7. The highest BCUT2D eigenvalue weighted by atomic mass is 19.1. The van der Waals surface area contributed by atoms with Crippen LogP contribution in [0.1, 0.15) is 32.1 Å². The summed E-state index contributed by atoms with van der Waals surface area (Å²) in [5, 5.41) is 11.9. The minimum absolute atomic E-state index is 0.0715. The van der Waals surface area contributed by atoms with Gasteiger partial charge in [-0.05, 0) is 49.9 Å². The summed E-state index contributed by atoms with van der Waals surface area (Å²) < 4.78 is 18.2. The van der Waals surface area contributed by atoms with E-state index in [1.165, 1.54) is 12.1 Å². The molecule has 0 aliphatic heterocycles. The molecule has 0 aromatic heterocycles. The summed E-state index contributed by atoms with van der Waals surface area (Å²) in [6.45, 7) is 0.905. The van der Waals surface area contributed by atoms with Crippen LogP contribution >= 0.6 is 0 Å². The molecule has 1 aliphatic rings. The molecule has 5 nitrogen and oxygen atoms in total. The molecule has 0 heterocycles. The third kappa shape index (κ3) is 5.54. The fourth-order valence-corrected chi connectivity index (χ4v) is 2.80. The maximum absolute atomic E-state index is 12.7. The van der Waals surface area contributed by atoms with Gasteiger partial charge < -0.3 is 15.2 Å². The monoisotopic (exact) mass is 323 g/mol. The van der Waals surface area contributed by atoms with Crippen LogP contribution in [0.25, 0.3) is 0 Å². The Kier molecular flexibility index (Phi) is 6.38. The average Bonchev–Trinajstić information content (AvgIpc) is 2.56. The normalized spacial score (nSPS) is 20.7. The van der Waals surface area contributed by atoms with Gasteiger partial charge in [0.2, 0.25) is 5.91 Å². The standard InChI is InChI=1S/C17H22FNO4/c18-14-5-7-15(8-6-14)23-10-2-9-19-16(20)12-3-1-4-13(11-12)17(21)22/h5-8,12-13H,1-4,9-11H2,(H,19,20)(H,21,22). The largest absolute Gasteiger partial charge is 0.494 e. The van der Waals surface area contributed by atoms with E-state index in [-0.39, 0.29) is 17.6 Å². The number of carbonyl (C=O) groups is 2. The Hall–Kier alpha value is -2.11. The summed E-state index contributed by atoms with van der Waals surface area (Å²) in [6.07, 6.45) is 3.25. The number of halogens is 1. The van der Waals surface area contributed by atoms with Crippen LogP contribution in [0.2, 0.25) is 0 Å². The van der Waals surface area contributed by atoms with Crippen molar-refractivity contribution >= 4 is 11.9 Å². The molecule has 0 bridgehead atoms. The molecule has 6 heteroatoms. The van der Waals surface area contributed by atoms with Crippen molar-refractivity contribution in [1.29, 1.82) is 0 Å². The van der Waals surface area contributed by atoms with Crippen LogP contribution in [-0.2, 0) is 9.59 Å². The minimum atomic E-state index is -0.810. The van der Waals surface area contributed by atoms with Crippen molar-refractivity contribution in [2.24, 2.45) is 11.8 Å². The minimum Gasteiger partial charge on any atom is -0.494 e. The van der Waals surface area contributed by atoms with E-state index < -0.39 is 11.9 Å². The summed E-state index contributed by atoms with van der Waals surface area (Å²) in [5.74, 6) is -1.21. The van der Waals surface area contributed by atoms with Gasteiger partial charge in [0.25, 0.3) is 0 Å². The number of aliphatic carboxylic acids is 1. The first-order valence-electron chi connectivity index (χ1n) is 7.95. The number of hydrogen-bond acceptors (Lipinski definition) is 3. The van der Waals surface area contributed by atoms with Gasteiger partial charge in [-0.25, -0.2) is 4.39 Å². The average molecular weight is 323 g/mol. The number of ether oxygens (including phenoxy) is 1. The van der Waals surface area contributed by atoms with Crippen LogP contribution in [0.3, 0.4) is 0 Å². The predicted octanol–water partition coefficient (Wildman–Crippen LogP) is 2.60. The highest BCUT2D eigenvalue weighted by molar-refractivity contribution is 5.80. The summed E-state index contributed by atoms with van der Waals surface area (Å²) in [4.78, 5) is 23.1. The summed E-state index contributed by atoms with van der Waals surface area (Å²) in [7, 11) is 0. The lowest BCUT2D eigenvalue weighted by Gasteiger charge is -2.25. The smallest absolute Gasteiger partial charge is 0.306 e. The molecule has 2 atom stereocenters. The second-order valence-electron chi connectivity index (χ2n) is 5.85. The molecule has 1 aliphatic carbocycles. The zero-order chi connectivity index (χ0) is 16.7. The van der Waals surface area contributed by atoms with E-state index >= 15 is 0 Å². The number of hydrogen-bond donors (Lipinski definition) is 2. The summed E-state index contributed by atoms with van der Waals surface area (Å²) >= 11 is 0. The third-order valence-electron chi connectivity index (χ3n) is 4.10. The molecule has 1 saturated carbocycles. The van der Waals surface area contributed by atoms with E-state index in [4.69, 9.17) is 9.84 Å². The molecule has 0 spiro atoms. The van der Waals surface area contributed by atoms with Gasteiger partial charge in [0.05, 0.1) is 12.5 Å². The van der Waals surface area contributed by atoms with Crippen LogP contribution in [0.4, 0.5) is 4.39 Å². The number of amides is 1. The zero-order valence-corrected chi connectivity index (χ0v) is 13.0. The Morgan fingerprint density at radius 2 is 1.91 bits per heavy atom. The Bertz CT molecular complexity index is 532.